The molecule has 7 heteroatoms. The van der Waals surface area contributed by atoms with Gasteiger partial charge in [-0.2, -0.15) is 0 Å². The predicted octanol–water partition coefficient (Wildman–Crippen LogP) is 2.83. The highest BCUT2D eigenvalue weighted by Gasteiger charge is 2.45. The molecule has 3 aliphatic rings. The van der Waals surface area contributed by atoms with E-state index < -0.39 is 6.04 Å². The van der Waals surface area contributed by atoms with Gasteiger partial charge in [0.25, 0.3) is 5.91 Å². The van der Waals surface area contributed by atoms with Crippen LogP contribution >= 0.6 is 0 Å². The second-order valence-electron chi connectivity index (χ2n) is 7.67. The summed E-state index contributed by atoms with van der Waals surface area (Å²) in [5, 5.41) is 2.98. The average molecular weight is 385 g/mol. The highest BCUT2D eigenvalue weighted by molar-refractivity contribution is 6.01. The maximum absolute atomic E-state index is 13.4. The number of ether oxygens (including phenoxy) is 2. The molecule has 1 atom stereocenters. The number of carbonyl (C=O) groups excluding carboxylic acids is 2. The Morgan fingerprint density at radius 1 is 1.00 bits per heavy atom. The second-order valence-corrected chi connectivity index (χ2v) is 7.67. The van der Waals surface area contributed by atoms with Crippen molar-refractivity contribution in [3.8, 4) is 11.5 Å². The van der Waals surface area contributed by atoms with Gasteiger partial charge in [0.05, 0.1) is 38.1 Å². The molecule has 4 rings (SSSR count). The minimum absolute atomic E-state index is 0.0283. The molecular formula is C21H27N3O4. The zero-order chi connectivity index (χ0) is 19.8. The van der Waals surface area contributed by atoms with Gasteiger partial charge < -0.3 is 19.7 Å². The number of carbonyl (C=O) groups is 2. The average Bonchev–Trinajstić information content (AvgIpc) is 3.08. The van der Waals surface area contributed by atoms with Gasteiger partial charge in [-0.05, 0) is 30.5 Å². The summed E-state index contributed by atoms with van der Waals surface area (Å²) in [6.45, 7) is 0.500. The van der Waals surface area contributed by atoms with Crippen molar-refractivity contribution in [1.82, 2.24) is 15.1 Å². The van der Waals surface area contributed by atoms with Gasteiger partial charge in [0.2, 0.25) is 0 Å². The van der Waals surface area contributed by atoms with Gasteiger partial charge in [0, 0.05) is 19.2 Å². The third-order valence-corrected chi connectivity index (χ3v) is 6.11. The van der Waals surface area contributed by atoms with Crippen LogP contribution in [0.3, 0.4) is 0 Å². The summed E-state index contributed by atoms with van der Waals surface area (Å²) in [4.78, 5) is 29.6. The molecule has 1 aromatic rings. The smallest absolute Gasteiger partial charge is 0.322 e. The van der Waals surface area contributed by atoms with Crippen molar-refractivity contribution in [1.29, 1.82) is 0 Å². The molecular weight excluding hydrogens is 358 g/mol. The first-order chi connectivity index (χ1) is 13.5. The second kappa shape index (κ2) is 7.37. The lowest BCUT2D eigenvalue weighted by atomic mass is 9.93. The SMILES string of the molecule is COc1cc(OC)cc(C2NC(=O)N(C)C3=C2C(=O)N(C2CCCCC2)C3)c1. The lowest BCUT2D eigenvalue weighted by Crippen LogP contribution is -2.45. The topological polar surface area (TPSA) is 71.1 Å². The fraction of sp³-hybridized carbons (Fsp3) is 0.524. The lowest BCUT2D eigenvalue weighted by Gasteiger charge is -2.31. The van der Waals surface area contributed by atoms with Crippen LogP contribution < -0.4 is 14.8 Å². The molecule has 7 nitrogen and oxygen atoms in total. The molecule has 0 radical (unpaired) electrons. The lowest BCUT2D eigenvalue weighted by molar-refractivity contribution is -0.128. The zero-order valence-electron chi connectivity index (χ0n) is 16.7. The van der Waals surface area contributed by atoms with Crippen LogP contribution in [0.5, 0.6) is 11.5 Å². The van der Waals surface area contributed by atoms with Crippen molar-refractivity contribution < 1.29 is 19.1 Å². The first-order valence-electron chi connectivity index (χ1n) is 9.84. The van der Waals surface area contributed by atoms with Crippen molar-refractivity contribution >= 4 is 11.9 Å². The van der Waals surface area contributed by atoms with E-state index in [-0.39, 0.29) is 18.0 Å². The number of hydrogen-bond donors (Lipinski definition) is 1. The van der Waals surface area contributed by atoms with Crippen LogP contribution in [-0.2, 0) is 4.79 Å². The van der Waals surface area contributed by atoms with E-state index in [9.17, 15) is 9.59 Å². The molecule has 1 fully saturated rings. The third-order valence-electron chi connectivity index (χ3n) is 6.11. The Kier molecular flexibility index (Phi) is 4.91. The standard InChI is InChI=1S/C21H27N3O4/c1-23-17-12-24(14-7-5-4-6-8-14)20(25)18(17)19(22-21(23)26)13-9-15(27-2)11-16(10-13)28-3/h9-11,14,19H,4-8,12H2,1-3H3,(H,22,26). The van der Waals surface area contributed by atoms with Gasteiger partial charge in [0.1, 0.15) is 11.5 Å². The Balaban J connectivity index is 1.72. The summed E-state index contributed by atoms with van der Waals surface area (Å²) < 4.78 is 10.8. The van der Waals surface area contributed by atoms with Crippen LogP contribution in [0, 0.1) is 0 Å². The molecule has 3 amide bonds. The molecule has 0 aromatic heterocycles. The van der Waals surface area contributed by atoms with Gasteiger partial charge in [-0.15, -0.1) is 0 Å². The van der Waals surface area contributed by atoms with Crippen LogP contribution in [-0.4, -0.2) is 55.6 Å². The van der Waals surface area contributed by atoms with Gasteiger partial charge in [-0.1, -0.05) is 19.3 Å². The maximum Gasteiger partial charge on any atom is 0.322 e. The number of amides is 3. The van der Waals surface area contributed by atoms with Crippen LogP contribution in [0.1, 0.15) is 43.7 Å². The molecule has 2 heterocycles. The Hall–Kier alpha value is -2.70. The maximum atomic E-state index is 13.4. The molecule has 1 aliphatic carbocycles. The Morgan fingerprint density at radius 3 is 2.25 bits per heavy atom. The Morgan fingerprint density at radius 2 is 1.64 bits per heavy atom. The van der Waals surface area contributed by atoms with Crippen LogP contribution in [0.2, 0.25) is 0 Å². The molecule has 28 heavy (non-hydrogen) atoms. The number of likely N-dealkylation sites (N-methyl/N-ethyl adjacent to an activating group) is 1. The summed E-state index contributed by atoms with van der Waals surface area (Å²) in [5.74, 6) is 1.28. The van der Waals surface area contributed by atoms with Gasteiger partial charge in [-0.25, -0.2) is 4.79 Å². The van der Waals surface area contributed by atoms with Crippen molar-refractivity contribution in [2.75, 3.05) is 27.8 Å². The van der Waals surface area contributed by atoms with E-state index in [1.807, 2.05) is 17.0 Å². The molecule has 2 aliphatic heterocycles. The zero-order valence-corrected chi connectivity index (χ0v) is 16.7. The largest absolute Gasteiger partial charge is 0.497 e. The van der Waals surface area contributed by atoms with E-state index in [0.29, 0.717) is 23.6 Å². The van der Waals surface area contributed by atoms with E-state index in [1.54, 1.807) is 32.2 Å². The molecule has 1 aromatic carbocycles. The molecule has 1 unspecified atom stereocenters. The highest BCUT2D eigenvalue weighted by atomic mass is 16.5. The summed E-state index contributed by atoms with van der Waals surface area (Å²) in [5.41, 5.74) is 2.23. The van der Waals surface area contributed by atoms with Crippen molar-refractivity contribution in [3.63, 3.8) is 0 Å². The number of nitrogens with one attached hydrogen (secondary N) is 1. The fourth-order valence-electron chi connectivity index (χ4n) is 4.52. The van der Waals surface area contributed by atoms with E-state index in [0.717, 1.165) is 36.9 Å². The van der Waals surface area contributed by atoms with Crippen molar-refractivity contribution in [2.45, 2.75) is 44.2 Å². The summed E-state index contributed by atoms with van der Waals surface area (Å²) >= 11 is 0. The highest BCUT2D eigenvalue weighted by Crippen LogP contribution is 2.40. The van der Waals surface area contributed by atoms with E-state index in [4.69, 9.17) is 9.47 Å². The molecule has 0 saturated heterocycles. The quantitative estimate of drug-likeness (QED) is 0.865. The number of nitrogens with zero attached hydrogens (tertiary/aromatic N) is 2. The van der Waals surface area contributed by atoms with Gasteiger partial charge in [0.15, 0.2) is 0 Å². The number of methoxy groups -OCH3 is 2. The number of rotatable bonds is 4. The first kappa shape index (κ1) is 18.7. The summed E-state index contributed by atoms with van der Waals surface area (Å²) in [6, 6.07) is 5.02. The molecule has 0 spiro atoms. The first-order valence-corrected chi connectivity index (χ1v) is 9.84. The third kappa shape index (κ3) is 3.08. The van der Waals surface area contributed by atoms with E-state index >= 15 is 0 Å². The normalized spacial score (nSPS) is 23.0. The van der Waals surface area contributed by atoms with Gasteiger partial charge >= 0.3 is 6.03 Å². The molecule has 150 valence electrons. The fourth-order valence-corrected chi connectivity index (χ4v) is 4.52. The predicted molar refractivity (Wildman–Crippen MR) is 104 cm³/mol. The molecule has 1 N–H and O–H groups in total. The van der Waals surface area contributed by atoms with Crippen LogP contribution in [0.25, 0.3) is 0 Å². The monoisotopic (exact) mass is 385 g/mol. The van der Waals surface area contributed by atoms with E-state index in [2.05, 4.69) is 5.32 Å². The van der Waals surface area contributed by atoms with Crippen LogP contribution in [0.15, 0.2) is 29.5 Å². The Bertz CT molecular complexity index is 807. The summed E-state index contributed by atoms with van der Waals surface area (Å²) in [7, 11) is 4.90. The van der Waals surface area contributed by atoms with Crippen LogP contribution in [0.4, 0.5) is 4.79 Å². The van der Waals surface area contributed by atoms with Gasteiger partial charge in [-0.3, -0.25) is 9.69 Å². The Labute approximate surface area is 165 Å². The van der Waals surface area contributed by atoms with E-state index in [1.165, 1.54) is 6.42 Å². The van der Waals surface area contributed by atoms with Crippen molar-refractivity contribution in [2.24, 2.45) is 0 Å². The number of urea groups is 1. The molecule has 0 bridgehead atoms. The minimum Gasteiger partial charge on any atom is -0.497 e. The number of benzene rings is 1. The molecule has 1 saturated carbocycles. The number of hydrogen-bond acceptors (Lipinski definition) is 4. The summed E-state index contributed by atoms with van der Waals surface area (Å²) in [6.07, 6.45) is 5.62. The minimum atomic E-state index is -0.510. The van der Waals surface area contributed by atoms with Crippen molar-refractivity contribution in [3.05, 3.63) is 35.0 Å².